The molecule has 1 aromatic carbocycles. The second kappa shape index (κ2) is 11.0. The fourth-order valence-corrected chi connectivity index (χ4v) is 2.84. The lowest BCUT2D eigenvalue weighted by Crippen LogP contribution is -2.49. The van der Waals surface area contributed by atoms with Gasteiger partial charge in [0, 0.05) is 66.5 Å². The van der Waals surface area contributed by atoms with Gasteiger partial charge in [0.25, 0.3) is 0 Å². The minimum atomic E-state index is 0.685. The van der Waals surface area contributed by atoms with Gasteiger partial charge in [0.15, 0.2) is 5.96 Å². The monoisotopic (exact) mass is 333 g/mol. The van der Waals surface area contributed by atoms with Gasteiger partial charge in [-0.1, -0.05) is 30.3 Å². The van der Waals surface area contributed by atoms with Gasteiger partial charge in [-0.15, -0.1) is 0 Å². The molecule has 0 atom stereocenters. The molecule has 1 aliphatic heterocycles. The number of nitrogens with zero attached hydrogens (tertiary/aromatic N) is 3. The smallest absolute Gasteiger partial charge is 0.191 e. The molecule has 0 radical (unpaired) electrons. The van der Waals surface area contributed by atoms with Crippen molar-refractivity contribution in [3.05, 3.63) is 35.9 Å². The molecule has 0 unspecified atom stereocenters. The summed E-state index contributed by atoms with van der Waals surface area (Å²) < 4.78 is 5.03. The maximum atomic E-state index is 5.03. The Morgan fingerprint density at radius 1 is 1.04 bits per heavy atom. The second-order valence-electron chi connectivity index (χ2n) is 6.02. The van der Waals surface area contributed by atoms with Gasteiger partial charge in [-0.05, 0) is 5.56 Å². The highest BCUT2D eigenvalue weighted by Crippen LogP contribution is 2.07. The summed E-state index contributed by atoms with van der Waals surface area (Å²) in [6, 6.07) is 10.7. The summed E-state index contributed by atoms with van der Waals surface area (Å²) in [4.78, 5) is 9.26. The zero-order valence-corrected chi connectivity index (χ0v) is 15.0. The van der Waals surface area contributed by atoms with E-state index >= 15 is 0 Å². The summed E-state index contributed by atoms with van der Waals surface area (Å²) in [6.45, 7) is 9.00. The van der Waals surface area contributed by atoms with Crippen molar-refractivity contribution in [2.24, 2.45) is 4.99 Å². The molecule has 0 bridgehead atoms. The Labute approximate surface area is 145 Å². The second-order valence-corrected chi connectivity index (χ2v) is 6.02. The topological polar surface area (TPSA) is 52.1 Å². The van der Waals surface area contributed by atoms with Crippen LogP contribution >= 0.6 is 0 Å². The molecule has 1 aromatic rings. The number of hydrogen-bond donors (Lipinski definition) is 2. The van der Waals surface area contributed by atoms with Crippen molar-refractivity contribution in [3.8, 4) is 0 Å². The fourth-order valence-electron chi connectivity index (χ4n) is 2.84. The first-order valence-electron chi connectivity index (χ1n) is 8.74. The SMILES string of the molecule is CN=C(NCCOC)NCCN1CCN(Cc2ccccc2)CC1. The van der Waals surface area contributed by atoms with Gasteiger partial charge in [0.1, 0.15) is 0 Å². The summed E-state index contributed by atoms with van der Waals surface area (Å²) in [5.41, 5.74) is 1.40. The molecule has 1 aliphatic rings. The van der Waals surface area contributed by atoms with Gasteiger partial charge < -0.3 is 15.4 Å². The standard InChI is InChI=1S/C18H31N5O/c1-19-18(21-9-15-24-2)20-8-10-22-11-13-23(14-12-22)16-17-6-4-3-5-7-17/h3-7H,8-16H2,1-2H3,(H2,19,20,21). The lowest BCUT2D eigenvalue weighted by atomic mass is 10.2. The molecule has 0 amide bonds. The van der Waals surface area contributed by atoms with Crippen LogP contribution in [0.1, 0.15) is 5.56 Å². The number of aliphatic imine (C=N–C) groups is 1. The van der Waals surface area contributed by atoms with E-state index in [2.05, 4.69) is 55.8 Å². The van der Waals surface area contributed by atoms with Crippen molar-refractivity contribution in [1.29, 1.82) is 0 Å². The Balaban J connectivity index is 1.59. The van der Waals surface area contributed by atoms with Crippen LogP contribution < -0.4 is 10.6 Å². The van der Waals surface area contributed by atoms with E-state index in [4.69, 9.17) is 4.74 Å². The highest BCUT2D eigenvalue weighted by molar-refractivity contribution is 5.79. The minimum absolute atomic E-state index is 0.685. The summed E-state index contributed by atoms with van der Waals surface area (Å²) in [5, 5.41) is 6.58. The maximum absolute atomic E-state index is 5.03. The molecule has 134 valence electrons. The van der Waals surface area contributed by atoms with Crippen LogP contribution in [-0.4, -0.2) is 82.3 Å². The van der Waals surface area contributed by atoms with Crippen molar-refractivity contribution < 1.29 is 4.74 Å². The van der Waals surface area contributed by atoms with Crippen LogP contribution in [0.15, 0.2) is 35.3 Å². The quantitative estimate of drug-likeness (QED) is 0.415. The molecule has 1 fully saturated rings. The van der Waals surface area contributed by atoms with Crippen molar-refractivity contribution in [1.82, 2.24) is 20.4 Å². The Kier molecular flexibility index (Phi) is 8.59. The van der Waals surface area contributed by atoms with Crippen molar-refractivity contribution >= 4 is 5.96 Å². The van der Waals surface area contributed by atoms with Gasteiger partial charge in [0.05, 0.1) is 6.61 Å². The minimum Gasteiger partial charge on any atom is -0.383 e. The van der Waals surface area contributed by atoms with E-state index in [-0.39, 0.29) is 0 Å². The lowest BCUT2D eigenvalue weighted by Gasteiger charge is -2.34. The Morgan fingerprint density at radius 3 is 2.38 bits per heavy atom. The molecular formula is C18H31N5O. The Morgan fingerprint density at radius 2 is 1.71 bits per heavy atom. The van der Waals surface area contributed by atoms with Crippen LogP contribution in [0, 0.1) is 0 Å². The first kappa shape index (κ1) is 18.7. The summed E-state index contributed by atoms with van der Waals surface area (Å²) in [6.07, 6.45) is 0. The van der Waals surface area contributed by atoms with E-state index in [0.717, 1.165) is 58.3 Å². The fraction of sp³-hybridized carbons (Fsp3) is 0.611. The summed E-state index contributed by atoms with van der Waals surface area (Å²) >= 11 is 0. The predicted molar refractivity (Wildman–Crippen MR) is 99.4 cm³/mol. The van der Waals surface area contributed by atoms with Crippen LogP contribution in [0.4, 0.5) is 0 Å². The molecule has 0 aromatic heterocycles. The van der Waals surface area contributed by atoms with E-state index in [1.807, 2.05) is 0 Å². The van der Waals surface area contributed by atoms with Gasteiger partial charge >= 0.3 is 0 Å². The number of hydrogen-bond acceptors (Lipinski definition) is 4. The van der Waals surface area contributed by atoms with Gasteiger partial charge in [0.2, 0.25) is 0 Å². The van der Waals surface area contributed by atoms with Crippen LogP contribution in [0.25, 0.3) is 0 Å². The largest absolute Gasteiger partial charge is 0.383 e. The molecular weight excluding hydrogens is 302 g/mol. The number of methoxy groups -OCH3 is 1. The maximum Gasteiger partial charge on any atom is 0.191 e. The lowest BCUT2D eigenvalue weighted by molar-refractivity contribution is 0.129. The number of guanidine groups is 1. The molecule has 1 saturated heterocycles. The van der Waals surface area contributed by atoms with Crippen LogP contribution in [-0.2, 0) is 11.3 Å². The van der Waals surface area contributed by atoms with E-state index in [0.29, 0.717) is 6.61 Å². The summed E-state index contributed by atoms with van der Waals surface area (Å²) in [5.74, 6) is 0.842. The van der Waals surface area contributed by atoms with Crippen LogP contribution in [0.5, 0.6) is 0 Å². The first-order valence-corrected chi connectivity index (χ1v) is 8.74. The van der Waals surface area contributed by atoms with E-state index in [1.165, 1.54) is 5.56 Å². The van der Waals surface area contributed by atoms with Crippen molar-refractivity contribution in [2.75, 3.05) is 66.6 Å². The molecule has 0 spiro atoms. The third-order valence-electron chi connectivity index (χ3n) is 4.26. The molecule has 2 rings (SSSR count). The Hall–Kier alpha value is -1.63. The van der Waals surface area contributed by atoms with Crippen LogP contribution in [0.2, 0.25) is 0 Å². The molecule has 24 heavy (non-hydrogen) atoms. The number of piperazine rings is 1. The number of rotatable bonds is 8. The highest BCUT2D eigenvalue weighted by atomic mass is 16.5. The Bertz CT molecular complexity index is 472. The van der Waals surface area contributed by atoms with E-state index in [1.54, 1.807) is 14.2 Å². The van der Waals surface area contributed by atoms with Gasteiger partial charge in [-0.3, -0.25) is 14.8 Å². The van der Waals surface area contributed by atoms with Crippen molar-refractivity contribution in [3.63, 3.8) is 0 Å². The third-order valence-corrected chi connectivity index (χ3v) is 4.26. The number of ether oxygens (including phenoxy) is 1. The molecule has 6 nitrogen and oxygen atoms in total. The summed E-state index contributed by atoms with van der Waals surface area (Å²) in [7, 11) is 3.50. The molecule has 6 heteroatoms. The van der Waals surface area contributed by atoms with Crippen LogP contribution in [0.3, 0.4) is 0 Å². The van der Waals surface area contributed by atoms with E-state index < -0.39 is 0 Å². The predicted octanol–water partition coefficient (Wildman–Crippen LogP) is 0.616. The first-order chi connectivity index (χ1) is 11.8. The van der Waals surface area contributed by atoms with Gasteiger partial charge in [-0.2, -0.15) is 0 Å². The zero-order valence-electron chi connectivity index (χ0n) is 15.0. The zero-order chi connectivity index (χ0) is 17.0. The van der Waals surface area contributed by atoms with E-state index in [9.17, 15) is 0 Å². The molecule has 1 heterocycles. The van der Waals surface area contributed by atoms with Gasteiger partial charge in [-0.25, -0.2) is 0 Å². The number of nitrogens with one attached hydrogen (secondary N) is 2. The molecule has 0 aliphatic carbocycles. The normalized spacial score (nSPS) is 17.0. The number of benzene rings is 1. The molecule has 2 N–H and O–H groups in total. The highest BCUT2D eigenvalue weighted by Gasteiger charge is 2.16. The van der Waals surface area contributed by atoms with Crippen molar-refractivity contribution in [2.45, 2.75) is 6.54 Å². The average molecular weight is 333 g/mol. The molecule has 0 saturated carbocycles. The average Bonchev–Trinajstić information content (AvgIpc) is 2.63. The third kappa shape index (κ3) is 6.86.